The molecule has 1 aliphatic heterocycles. The van der Waals surface area contributed by atoms with Crippen LogP contribution in [0.25, 0.3) is 0 Å². The predicted octanol–water partition coefficient (Wildman–Crippen LogP) is 2.06. The second kappa shape index (κ2) is 4.84. The van der Waals surface area contributed by atoms with Gasteiger partial charge in [0.1, 0.15) is 0 Å². The van der Waals surface area contributed by atoms with E-state index in [0.29, 0.717) is 6.42 Å². The zero-order chi connectivity index (χ0) is 10.6. The number of esters is 1. The summed E-state index contributed by atoms with van der Waals surface area (Å²) in [6.45, 7) is 6.62. The van der Waals surface area contributed by atoms with Crippen LogP contribution in [-0.4, -0.2) is 23.5 Å². The smallest absolute Gasteiger partial charge is 0.336 e. The number of nitrogens with zero attached hydrogens (tertiary/aromatic N) is 1. The van der Waals surface area contributed by atoms with E-state index in [0.717, 1.165) is 12.1 Å². The molecule has 14 heavy (non-hydrogen) atoms. The van der Waals surface area contributed by atoms with Gasteiger partial charge in [0.05, 0.1) is 11.7 Å². The van der Waals surface area contributed by atoms with Gasteiger partial charge in [-0.3, -0.25) is 0 Å². The summed E-state index contributed by atoms with van der Waals surface area (Å²) < 4.78 is 5.11. The topological polar surface area (TPSA) is 29.5 Å². The fourth-order valence-electron chi connectivity index (χ4n) is 1.23. The van der Waals surface area contributed by atoms with E-state index >= 15 is 0 Å². The third-order valence-corrected chi connectivity index (χ3v) is 1.93. The monoisotopic (exact) mass is 195 g/mol. The van der Waals surface area contributed by atoms with Crippen LogP contribution in [0.15, 0.2) is 24.0 Å². The molecule has 0 saturated carbocycles. The average Bonchev–Trinajstić information content (AvgIpc) is 2.17. The molecule has 0 aromatic heterocycles. The van der Waals surface area contributed by atoms with Crippen molar-refractivity contribution >= 4 is 5.97 Å². The maximum atomic E-state index is 11.5. The van der Waals surface area contributed by atoms with Gasteiger partial charge in [-0.05, 0) is 27.0 Å². The molecule has 3 nitrogen and oxygen atoms in total. The largest absolute Gasteiger partial charge is 0.460 e. The van der Waals surface area contributed by atoms with Gasteiger partial charge in [-0.15, -0.1) is 0 Å². The number of ether oxygens (including phenoxy) is 1. The molecule has 0 fully saturated rings. The van der Waals surface area contributed by atoms with E-state index in [2.05, 4.69) is 0 Å². The molecule has 1 aliphatic rings. The van der Waals surface area contributed by atoms with Crippen LogP contribution < -0.4 is 0 Å². The quantitative estimate of drug-likeness (QED) is 0.645. The van der Waals surface area contributed by atoms with Crippen LogP contribution in [0.5, 0.6) is 0 Å². The van der Waals surface area contributed by atoms with Gasteiger partial charge in [-0.1, -0.05) is 6.08 Å². The minimum atomic E-state index is -0.206. The number of carbonyl (C=O) groups excluding carboxylic acids is 1. The minimum absolute atomic E-state index is 0.0515. The highest BCUT2D eigenvalue weighted by molar-refractivity contribution is 5.89. The van der Waals surface area contributed by atoms with Gasteiger partial charge in [0.25, 0.3) is 0 Å². The van der Waals surface area contributed by atoms with Crippen molar-refractivity contribution in [1.29, 1.82) is 0 Å². The van der Waals surface area contributed by atoms with Crippen LogP contribution in [0.4, 0.5) is 0 Å². The second-order valence-corrected chi connectivity index (χ2v) is 3.53. The van der Waals surface area contributed by atoms with Crippen LogP contribution in [0.2, 0.25) is 0 Å². The van der Waals surface area contributed by atoms with Crippen molar-refractivity contribution in [2.75, 3.05) is 6.54 Å². The molecule has 0 unspecified atom stereocenters. The van der Waals surface area contributed by atoms with Crippen molar-refractivity contribution in [3.63, 3.8) is 0 Å². The first-order chi connectivity index (χ1) is 6.63. The Morgan fingerprint density at radius 1 is 1.64 bits per heavy atom. The van der Waals surface area contributed by atoms with Crippen molar-refractivity contribution in [1.82, 2.24) is 4.90 Å². The van der Waals surface area contributed by atoms with Crippen molar-refractivity contribution < 1.29 is 9.53 Å². The Kier molecular flexibility index (Phi) is 3.74. The Balaban J connectivity index is 2.60. The fourth-order valence-corrected chi connectivity index (χ4v) is 1.23. The Hall–Kier alpha value is -1.25. The van der Waals surface area contributed by atoms with E-state index in [-0.39, 0.29) is 12.1 Å². The third-order valence-electron chi connectivity index (χ3n) is 1.93. The molecule has 0 saturated heterocycles. The van der Waals surface area contributed by atoms with Crippen molar-refractivity contribution in [3.05, 3.63) is 24.0 Å². The number of hydrogen-bond donors (Lipinski definition) is 0. The summed E-state index contributed by atoms with van der Waals surface area (Å²) >= 11 is 0. The Morgan fingerprint density at radius 2 is 2.36 bits per heavy atom. The molecule has 0 N–H and O–H groups in total. The first-order valence-electron chi connectivity index (χ1n) is 4.97. The minimum Gasteiger partial charge on any atom is -0.460 e. The van der Waals surface area contributed by atoms with Gasteiger partial charge in [-0.25, -0.2) is 4.79 Å². The van der Waals surface area contributed by atoms with Crippen LogP contribution >= 0.6 is 0 Å². The van der Waals surface area contributed by atoms with Gasteiger partial charge in [-0.2, -0.15) is 0 Å². The number of rotatable bonds is 3. The molecule has 0 amide bonds. The van der Waals surface area contributed by atoms with Crippen molar-refractivity contribution in [2.24, 2.45) is 0 Å². The first kappa shape index (κ1) is 10.8. The molecule has 0 aromatic rings. The third kappa shape index (κ3) is 2.91. The molecule has 0 bridgehead atoms. The summed E-state index contributed by atoms with van der Waals surface area (Å²) in [5, 5.41) is 0. The zero-order valence-electron chi connectivity index (χ0n) is 8.99. The summed E-state index contributed by atoms with van der Waals surface area (Å²) in [7, 11) is 0. The average molecular weight is 195 g/mol. The molecule has 0 atom stereocenters. The van der Waals surface area contributed by atoms with E-state index in [1.807, 2.05) is 44.1 Å². The van der Waals surface area contributed by atoms with E-state index in [1.165, 1.54) is 0 Å². The van der Waals surface area contributed by atoms with Gasteiger partial charge in [0.15, 0.2) is 0 Å². The van der Waals surface area contributed by atoms with Crippen LogP contribution in [0, 0.1) is 0 Å². The SMILES string of the molecule is CCN1C=CCC(C(=O)OC(C)C)=C1. The molecule has 0 radical (unpaired) electrons. The van der Waals surface area contributed by atoms with Gasteiger partial charge < -0.3 is 9.64 Å². The van der Waals surface area contributed by atoms with Gasteiger partial charge in [0, 0.05) is 19.2 Å². The summed E-state index contributed by atoms with van der Waals surface area (Å²) in [5.74, 6) is -0.206. The number of allylic oxidation sites excluding steroid dienone is 1. The summed E-state index contributed by atoms with van der Waals surface area (Å²) in [6.07, 6.45) is 6.42. The Labute approximate surface area is 85.0 Å². The highest BCUT2D eigenvalue weighted by Gasteiger charge is 2.14. The van der Waals surface area contributed by atoms with E-state index < -0.39 is 0 Å². The molecule has 1 rings (SSSR count). The maximum Gasteiger partial charge on any atom is 0.336 e. The molecular formula is C11H17NO2. The van der Waals surface area contributed by atoms with Crippen LogP contribution in [0.3, 0.4) is 0 Å². The van der Waals surface area contributed by atoms with Crippen LogP contribution in [-0.2, 0) is 9.53 Å². The lowest BCUT2D eigenvalue weighted by Gasteiger charge is -2.19. The lowest BCUT2D eigenvalue weighted by atomic mass is 10.1. The molecule has 0 aromatic carbocycles. The zero-order valence-corrected chi connectivity index (χ0v) is 8.99. The highest BCUT2D eigenvalue weighted by Crippen LogP contribution is 2.13. The standard InChI is InChI=1S/C11H17NO2/c1-4-12-7-5-6-10(8-12)11(13)14-9(2)3/h5,7-9H,4,6H2,1-3H3. The van der Waals surface area contributed by atoms with Gasteiger partial charge in [0.2, 0.25) is 0 Å². The van der Waals surface area contributed by atoms with E-state index in [9.17, 15) is 4.79 Å². The van der Waals surface area contributed by atoms with Crippen molar-refractivity contribution in [2.45, 2.75) is 33.3 Å². The lowest BCUT2D eigenvalue weighted by Crippen LogP contribution is -2.19. The maximum absolute atomic E-state index is 11.5. The predicted molar refractivity (Wildman–Crippen MR) is 55.4 cm³/mol. The summed E-state index contributed by atoms with van der Waals surface area (Å²) in [5.41, 5.74) is 0.725. The van der Waals surface area contributed by atoms with Crippen molar-refractivity contribution in [3.8, 4) is 0 Å². The molecule has 78 valence electrons. The van der Waals surface area contributed by atoms with Gasteiger partial charge >= 0.3 is 5.97 Å². The second-order valence-electron chi connectivity index (χ2n) is 3.53. The number of carbonyl (C=O) groups is 1. The molecule has 0 aliphatic carbocycles. The fraction of sp³-hybridized carbons (Fsp3) is 0.545. The molecule has 0 spiro atoms. The first-order valence-corrected chi connectivity index (χ1v) is 4.97. The molecule has 3 heteroatoms. The van der Waals surface area contributed by atoms with E-state index in [4.69, 9.17) is 4.74 Å². The molecule has 1 heterocycles. The lowest BCUT2D eigenvalue weighted by molar-refractivity contribution is -0.142. The Bertz CT molecular complexity index is 266. The summed E-state index contributed by atoms with van der Waals surface area (Å²) in [4.78, 5) is 13.5. The van der Waals surface area contributed by atoms with E-state index in [1.54, 1.807) is 0 Å². The van der Waals surface area contributed by atoms with Crippen LogP contribution in [0.1, 0.15) is 27.2 Å². The normalized spacial score (nSPS) is 15.7. The molecular weight excluding hydrogens is 178 g/mol. The summed E-state index contributed by atoms with van der Waals surface area (Å²) in [6, 6.07) is 0. The Morgan fingerprint density at radius 3 is 2.93 bits per heavy atom. The highest BCUT2D eigenvalue weighted by atomic mass is 16.5. The number of hydrogen-bond acceptors (Lipinski definition) is 3.